The summed E-state index contributed by atoms with van der Waals surface area (Å²) >= 11 is 1.79. The molecule has 160 valence electrons. The van der Waals surface area contributed by atoms with Gasteiger partial charge >= 0.3 is 0 Å². The predicted molar refractivity (Wildman–Crippen MR) is 117 cm³/mol. The van der Waals surface area contributed by atoms with Crippen molar-refractivity contribution in [3.05, 3.63) is 52.0 Å². The molecule has 3 heterocycles. The number of rotatable bonds is 6. The van der Waals surface area contributed by atoms with Crippen LogP contribution in [-0.4, -0.2) is 42.9 Å². The number of hydrogen-bond acceptors (Lipinski definition) is 4. The number of piperidine rings is 1. The number of likely N-dealkylation sites (tertiary alicyclic amines) is 1. The van der Waals surface area contributed by atoms with Crippen LogP contribution in [0.25, 0.3) is 0 Å². The maximum atomic E-state index is 14.2. The number of aryl methyl sites for hydroxylation is 1. The molecule has 30 heavy (non-hydrogen) atoms. The fourth-order valence-corrected chi connectivity index (χ4v) is 5.05. The van der Waals surface area contributed by atoms with Gasteiger partial charge in [-0.15, -0.1) is 11.3 Å². The molecular formula is C23H28FN3O2S. The molecule has 0 saturated carbocycles. The first-order chi connectivity index (χ1) is 14.5. The van der Waals surface area contributed by atoms with Gasteiger partial charge in [-0.2, -0.15) is 0 Å². The Kier molecular flexibility index (Phi) is 6.49. The highest BCUT2D eigenvalue weighted by molar-refractivity contribution is 7.09. The predicted octanol–water partition coefficient (Wildman–Crippen LogP) is 3.58. The molecular weight excluding hydrogens is 401 g/mol. The quantitative estimate of drug-likeness (QED) is 0.764. The minimum absolute atomic E-state index is 0.0978. The van der Waals surface area contributed by atoms with Gasteiger partial charge in [-0.1, -0.05) is 12.1 Å². The normalized spacial score (nSPS) is 20.7. The van der Waals surface area contributed by atoms with Crippen molar-refractivity contribution in [2.75, 3.05) is 31.1 Å². The zero-order valence-corrected chi connectivity index (χ0v) is 18.1. The van der Waals surface area contributed by atoms with E-state index in [-0.39, 0.29) is 30.5 Å². The molecule has 0 bridgehead atoms. The summed E-state index contributed by atoms with van der Waals surface area (Å²) in [5.74, 6) is -0.661. The zero-order chi connectivity index (χ0) is 21.1. The Balaban J connectivity index is 1.23. The molecule has 0 aliphatic carbocycles. The summed E-state index contributed by atoms with van der Waals surface area (Å²) in [5.41, 5.74) is 1.07. The molecule has 2 fully saturated rings. The molecule has 2 aromatic rings. The molecule has 2 saturated heterocycles. The van der Waals surface area contributed by atoms with Gasteiger partial charge in [0, 0.05) is 30.9 Å². The van der Waals surface area contributed by atoms with Crippen molar-refractivity contribution >= 4 is 28.8 Å². The molecule has 1 N–H and O–H groups in total. The van der Waals surface area contributed by atoms with E-state index >= 15 is 0 Å². The number of nitrogens with one attached hydrogen (secondary N) is 1. The second-order valence-electron chi connectivity index (χ2n) is 8.40. The zero-order valence-electron chi connectivity index (χ0n) is 17.3. The van der Waals surface area contributed by atoms with Crippen LogP contribution in [0.2, 0.25) is 0 Å². The van der Waals surface area contributed by atoms with Crippen molar-refractivity contribution < 1.29 is 14.0 Å². The second kappa shape index (κ2) is 9.27. The third kappa shape index (κ3) is 4.90. The summed E-state index contributed by atoms with van der Waals surface area (Å²) < 4.78 is 14.2. The molecule has 4 rings (SSSR count). The maximum Gasteiger partial charge on any atom is 0.227 e. The SMILES string of the molecule is Cc1ccc(N2CC(C(=O)NCC3CCN(Cc4cccs4)CC3)CC2=O)c(F)c1. The molecule has 7 heteroatoms. The molecule has 2 amide bonds. The fraction of sp³-hybridized carbons (Fsp3) is 0.478. The van der Waals surface area contributed by atoms with Crippen LogP contribution in [-0.2, 0) is 16.1 Å². The third-order valence-electron chi connectivity index (χ3n) is 6.12. The molecule has 1 atom stereocenters. The van der Waals surface area contributed by atoms with Crippen LogP contribution < -0.4 is 10.2 Å². The van der Waals surface area contributed by atoms with Gasteiger partial charge in [-0.3, -0.25) is 14.5 Å². The molecule has 1 aromatic heterocycles. The number of hydrogen-bond donors (Lipinski definition) is 1. The van der Waals surface area contributed by atoms with E-state index in [1.807, 2.05) is 6.92 Å². The molecule has 1 aromatic carbocycles. The first-order valence-corrected chi connectivity index (χ1v) is 11.5. The topological polar surface area (TPSA) is 52.7 Å². The van der Waals surface area contributed by atoms with Gasteiger partial charge in [-0.25, -0.2) is 4.39 Å². The maximum absolute atomic E-state index is 14.2. The van der Waals surface area contributed by atoms with Gasteiger partial charge in [0.15, 0.2) is 0 Å². The molecule has 0 radical (unpaired) electrons. The van der Waals surface area contributed by atoms with Gasteiger partial charge < -0.3 is 10.2 Å². The van der Waals surface area contributed by atoms with Gasteiger partial charge in [0.2, 0.25) is 11.8 Å². The van der Waals surface area contributed by atoms with E-state index in [9.17, 15) is 14.0 Å². The van der Waals surface area contributed by atoms with Crippen molar-refractivity contribution in [1.82, 2.24) is 10.2 Å². The number of nitrogens with zero attached hydrogens (tertiary/aromatic N) is 2. The first kappa shape index (κ1) is 21.0. The van der Waals surface area contributed by atoms with Crippen LogP contribution in [0.15, 0.2) is 35.7 Å². The van der Waals surface area contributed by atoms with Crippen molar-refractivity contribution in [3.8, 4) is 0 Å². The largest absolute Gasteiger partial charge is 0.356 e. The number of carbonyl (C=O) groups is 2. The first-order valence-electron chi connectivity index (χ1n) is 10.6. The molecule has 5 nitrogen and oxygen atoms in total. The van der Waals surface area contributed by atoms with Crippen molar-refractivity contribution in [2.45, 2.75) is 32.7 Å². The third-order valence-corrected chi connectivity index (χ3v) is 6.98. The number of benzene rings is 1. The smallest absolute Gasteiger partial charge is 0.227 e. The van der Waals surface area contributed by atoms with E-state index in [0.29, 0.717) is 12.5 Å². The lowest BCUT2D eigenvalue weighted by Gasteiger charge is -2.31. The minimum atomic E-state index is -0.419. The highest BCUT2D eigenvalue weighted by atomic mass is 32.1. The minimum Gasteiger partial charge on any atom is -0.356 e. The van der Waals surface area contributed by atoms with E-state index in [2.05, 4.69) is 27.7 Å². The lowest BCUT2D eigenvalue weighted by Crippen LogP contribution is -2.40. The average Bonchev–Trinajstić information content (AvgIpc) is 3.37. The van der Waals surface area contributed by atoms with Crippen LogP contribution >= 0.6 is 11.3 Å². The van der Waals surface area contributed by atoms with E-state index in [0.717, 1.165) is 38.0 Å². The molecule has 2 aliphatic rings. The van der Waals surface area contributed by atoms with Crippen LogP contribution in [0.3, 0.4) is 0 Å². The van der Waals surface area contributed by atoms with Gasteiger partial charge in [-0.05, 0) is 67.9 Å². The Bertz CT molecular complexity index is 894. The van der Waals surface area contributed by atoms with Crippen molar-refractivity contribution in [1.29, 1.82) is 0 Å². The van der Waals surface area contributed by atoms with Gasteiger partial charge in [0.05, 0.1) is 11.6 Å². The Labute approximate surface area is 180 Å². The standard InChI is InChI=1S/C23H28FN3O2S/c1-16-4-5-21(20(24)11-16)27-14-18(12-22(27)28)23(29)25-13-17-6-8-26(9-7-17)15-19-3-2-10-30-19/h2-5,10-11,17-18H,6-9,12-15H2,1H3,(H,25,29). The average molecular weight is 430 g/mol. The Hall–Kier alpha value is -2.25. The molecule has 2 aliphatic heterocycles. The summed E-state index contributed by atoms with van der Waals surface area (Å²) in [6, 6.07) is 9.08. The second-order valence-corrected chi connectivity index (χ2v) is 9.44. The van der Waals surface area contributed by atoms with Crippen LogP contribution in [0.4, 0.5) is 10.1 Å². The van der Waals surface area contributed by atoms with E-state index in [4.69, 9.17) is 0 Å². The number of carbonyl (C=O) groups excluding carboxylic acids is 2. The summed E-state index contributed by atoms with van der Waals surface area (Å²) in [7, 11) is 0. The van der Waals surface area contributed by atoms with E-state index in [1.54, 1.807) is 23.5 Å². The van der Waals surface area contributed by atoms with Crippen LogP contribution in [0, 0.1) is 24.6 Å². The van der Waals surface area contributed by atoms with Crippen molar-refractivity contribution in [3.63, 3.8) is 0 Å². The highest BCUT2D eigenvalue weighted by Crippen LogP contribution is 2.28. The summed E-state index contributed by atoms with van der Waals surface area (Å²) in [4.78, 5) is 30.3. The monoisotopic (exact) mass is 429 g/mol. The molecule has 1 unspecified atom stereocenters. The van der Waals surface area contributed by atoms with Gasteiger partial charge in [0.1, 0.15) is 5.82 Å². The fourth-order valence-electron chi connectivity index (χ4n) is 4.31. The number of amides is 2. The van der Waals surface area contributed by atoms with E-state index in [1.165, 1.54) is 15.8 Å². The summed E-state index contributed by atoms with van der Waals surface area (Å²) in [6.07, 6.45) is 2.27. The lowest BCUT2D eigenvalue weighted by atomic mass is 9.96. The van der Waals surface area contributed by atoms with Crippen LogP contribution in [0.1, 0.15) is 29.7 Å². The van der Waals surface area contributed by atoms with Gasteiger partial charge in [0.25, 0.3) is 0 Å². The Morgan fingerprint density at radius 3 is 2.77 bits per heavy atom. The van der Waals surface area contributed by atoms with E-state index < -0.39 is 11.7 Å². The highest BCUT2D eigenvalue weighted by Gasteiger charge is 2.36. The molecule has 0 spiro atoms. The Morgan fingerprint density at radius 1 is 1.27 bits per heavy atom. The number of halogens is 1. The summed E-state index contributed by atoms with van der Waals surface area (Å²) in [6.45, 7) is 5.79. The lowest BCUT2D eigenvalue weighted by molar-refractivity contribution is -0.126. The summed E-state index contributed by atoms with van der Waals surface area (Å²) in [5, 5.41) is 5.15. The number of anilines is 1. The Morgan fingerprint density at radius 2 is 2.07 bits per heavy atom. The number of thiophene rings is 1. The van der Waals surface area contributed by atoms with Crippen LogP contribution in [0.5, 0.6) is 0 Å². The van der Waals surface area contributed by atoms with Crippen molar-refractivity contribution in [2.24, 2.45) is 11.8 Å².